The summed E-state index contributed by atoms with van der Waals surface area (Å²) in [6.45, 7) is 1.50. The van der Waals surface area contributed by atoms with Crippen molar-refractivity contribution in [2.45, 2.75) is 44.8 Å². The maximum absolute atomic E-state index is 13.6. The summed E-state index contributed by atoms with van der Waals surface area (Å²) in [4.78, 5) is 41.0. The summed E-state index contributed by atoms with van der Waals surface area (Å²) in [5.41, 5.74) is -0.279. The van der Waals surface area contributed by atoms with Gasteiger partial charge in [0.2, 0.25) is 0 Å². The van der Waals surface area contributed by atoms with Gasteiger partial charge in [-0.05, 0) is 31.4 Å². The van der Waals surface area contributed by atoms with Gasteiger partial charge in [0.05, 0.1) is 49.1 Å². The first kappa shape index (κ1) is 29.0. The largest absolute Gasteiger partial charge is 0.481 e. The molecular formula is C27H26F5N5O3S. The third-order valence-corrected chi connectivity index (χ3v) is 8.28. The molecule has 0 saturated carbocycles. The number of halogens is 5. The SMILES string of the molecule is Cc1ccc(-c2nc(CC(=O)c3cnc(N4CCC(C(=O)O)CC4)cn3)sc2CN2CC(F)(F)C2)cc1C(F)(F)F. The molecule has 5 rings (SSSR count). The lowest BCUT2D eigenvalue weighted by molar-refractivity contribution is -0.142. The summed E-state index contributed by atoms with van der Waals surface area (Å²) in [6, 6.07) is 3.84. The van der Waals surface area contributed by atoms with Crippen LogP contribution < -0.4 is 4.90 Å². The van der Waals surface area contributed by atoms with Crippen LogP contribution in [0.4, 0.5) is 27.8 Å². The van der Waals surface area contributed by atoms with Crippen LogP contribution in [0.15, 0.2) is 30.6 Å². The van der Waals surface area contributed by atoms with Crippen LogP contribution in [0.3, 0.4) is 0 Å². The summed E-state index contributed by atoms with van der Waals surface area (Å²) in [6.07, 6.45) is -1.04. The maximum Gasteiger partial charge on any atom is 0.416 e. The first-order valence-electron chi connectivity index (χ1n) is 12.9. The fourth-order valence-electron chi connectivity index (χ4n) is 5.02. The molecule has 2 aliphatic heterocycles. The summed E-state index contributed by atoms with van der Waals surface area (Å²) in [5.74, 6) is -3.92. The van der Waals surface area contributed by atoms with Crippen LogP contribution in [0, 0.1) is 12.8 Å². The molecule has 1 aromatic carbocycles. The Kier molecular flexibility index (Phi) is 7.81. The van der Waals surface area contributed by atoms with Gasteiger partial charge in [0.15, 0.2) is 5.78 Å². The lowest BCUT2D eigenvalue weighted by Crippen LogP contribution is -2.55. The van der Waals surface area contributed by atoms with E-state index in [2.05, 4.69) is 15.0 Å². The lowest BCUT2D eigenvalue weighted by atomic mass is 9.97. The van der Waals surface area contributed by atoms with E-state index in [1.165, 1.54) is 36.4 Å². The zero-order chi connectivity index (χ0) is 29.5. The van der Waals surface area contributed by atoms with Gasteiger partial charge in [-0.15, -0.1) is 11.3 Å². The van der Waals surface area contributed by atoms with Crippen molar-refractivity contribution in [2.75, 3.05) is 31.1 Å². The average molecular weight is 596 g/mol. The highest BCUT2D eigenvalue weighted by molar-refractivity contribution is 7.12. The molecule has 3 aromatic rings. The molecule has 14 heteroatoms. The predicted octanol–water partition coefficient (Wildman–Crippen LogP) is 5.10. The fourth-order valence-corrected chi connectivity index (χ4v) is 6.15. The number of likely N-dealkylation sites (tertiary alicyclic amines) is 1. The van der Waals surface area contributed by atoms with Crippen molar-refractivity contribution in [3.05, 3.63) is 57.3 Å². The third kappa shape index (κ3) is 6.53. The quantitative estimate of drug-likeness (QED) is 0.284. The maximum atomic E-state index is 13.6. The molecule has 2 aliphatic rings. The van der Waals surface area contributed by atoms with Crippen LogP contribution in [0.1, 0.15) is 44.3 Å². The number of Topliss-reactive ketones (excluding diaryl/α,β-unsaturated/α-hetero) is 1. The summed E-state index contributed by atoms with van der Waals surface area (Å²) in [5, 5.41) is 9.49. The van der Waals surface area contributed by atoms with Crippen molar-refractivity contribution in [1.82, 2.24) is 19.9 Å². The van der Waals surface area contributed by atoms with E-state index in [1.807, 2.05) is 4.90 Å². The van der Waals surface area contributed by atoms with Crippen molar-refractivity contribution in [1.29, 1.82) is 0 Å². The van der Waals surface area contributed by atoms with Gasteiger partial charge in [-0.1, -0.05) is 12.1 Å². The molecule has 0 atom stereocenters. The number of nitrogens with zero attached hydrogens (tertiary/aromatic N) is 5. The van der Waals surface area contributed by atoms with Crippen molar-refractivity contribution >= 4 is 28.9 Å². The molecule has 0 spiro atoms. The number of hydrogen-bond acceptors (Lipinski definition) is 8. The Morgan fingerprint density at radius 3 is 2.41 bits per heavy atom. The van der Waals surface area contributed by atoms with Crippen LogP contribution in [-0.4, -0.2) is 68.8 Å². The molecule has 218 valence electrons. The Morgan fingerprint density at radius 1 is 1.12 bits per heavy atom. The molecule has 0 radical (unpaired) electrons. The number of ketones is 1. The number of anilines is 1. The van der Waals surface area contributed by atoms with E-state index in [9.17, 15) is 31.5 Å². The summed E-state index contributed by atoms with van der Waals surface area (Å²) < 4.78 is 67.6. The lowest BCUT2D eigenvalue weighted by Gasteiger charge is -2.38. The number of alkyl halides is 5. The van der Waals surface area contributed by atoms with Crippen LogP contribution in [0.2, 0.25) is 0 Å². The zero-order valence-electron chi connectivity index (χ0n) is 21.9. The topological polar surface area (TPSA) is 99.5 Å². The van der Waals surface area contributed by atoms with Gasteiger partial charge in [0.1, 0.15) is 16.5 Å². The zero-order valence-corrected chi connectivity index (χ0v) is 22.7. The third-order valence-electron chi connectivity index (χ3n) is 7.24. The van der Waals surface area contributed by atoms with E-state index < -0.39 is 48.4 Å². The molecule has 0 bridgehead atoms. The van der Waals surface area contributed by atoms with Crippen LogP contribution in [0.25, 0.3) is 11.3 Å². The Labute approximate surface area is 235 Å². The van der Waals surface area contributed by atoms with E-state index >= 15 is 0 Å². The van der Waals surface area contributed by atoms with Crippen LogP contribution >= 0.6 is 11.3 Å². The number of hydrogen-bond donors (Lipinski definition) is 1. The summed E-state index contributed by atoms with van der Waals surface area (Å²) in [7, 11) is 0. The molecule has 8 nitrogen and oxygen atoms in total. The average Bonchev–Trinajstić information content (AvgIpc) is 3.29. The van der Waals surface area contributed by atoms with Gasteiger partial charge in [-0.2, -0.15) is 13.2 Å². The first-order valence-corrected chi connectivity index (χ1v) is 13.7. The van der Waals surface area contributed by atoms with Crippen molar-refractivity contribution in [2.24, 2.45) is 5.92 Å². The number of thiazole rings is 1. The molecule has 2 aromatic heterocycles. The molecule has 1 N–H and O–H groups in total. The normalized spacial score (nSPS) is 17.9. The second kappa shape index (κ2) is 11.0. The second-order valence-electron chi connectivity index (χ2n) is 10.4. The smallest absolute Gasteiger partial charge is 0.416 e. The highest BCUT2D eigenvalue weighted by atomic mass is 32.1. The minimum Gasteiger partial charge on any atom is -0.481 e. The highest BCUT2D eigenvalue weighted by Gasteiger charge is 2.44. The monoisotopic (exact) mass is 595 g/mol. The molecule has 0 aliphatic carbocycles. The van der Waals surface area contributed by atoms with Gasteiger partial charge in [-0.3, -0.25) is 14.5 Å². The number of aryl methyl sites for hydroxylation is 1. The molecular weight excluding hydrogens is 569 g/mol. The van der Waals surface area contributed by atoms with E-state index in [4.69, 9.17) is 5.11 Å². The van der Waals surface area contributed by atoms with Gasteiger partial charge in [0, 0.05) is 30.1 Å². The fraction of sp³-hybridized carbons (Fsp3) is 0.444. The van der Waals surface area contributed by atoms with Gasteiger partial charge >= 0.3 is 12.1 Å². The second-order valence-corrected chi connectivity index (χ2v) is 11.5. The van der Waals surface area contributed by atoms with E-state index in [-0.39, 0.29) is 35.5 Å². The molecule has 2 saturated heterocycles. The molecule has 2 fully saturated rings. The van der Waals surface area contributed by atoms with Crippen LogP contribution in [-0.2, 0) is 23.9 Å². The number of aromatic nitrogens is 3. The molecule has 4 heterocycles. The standard InChI is InChI=1S/C27H26F5N5O3S/c1-15-2-3-17(8-18(15)27(30,31)32)24-21(12-36-13-26(28,29)14-36)41-23(35-24)9-20(38)19-10-34-22(11-33-19)37-6-4-16(5-7-37)25(39)40/h2-3,8,10-11,16H,4-7,9,12-14H2,1H3,(H,39,40). The van der Waals surface area contributed by atoms with Crippen molar-refractivity contribution in [3.63, 3.8) is 0 Å². The van der Waals surface area contributed by atoms with E-state index in [0.717, 1.165) is 17.4 Å². The number of carboxylic acids is 1. The van der Waals surface area contributed by atoms with Gasteiger partial charge < -0.3 is 10.0 Å². The number of benzene rings is 1. The number of carboxylic acid groups (broad SMARTS) is 1. The van der Waals surface area contributed by atoms with Gasteiger partial charge in [0.25, 0.3) is 5.92 Å². The Hall–Kier alpha value is -3.52. The number of carbonyl (C=O) groups excluding carboxylic acids is 1. The van der Waals surface area contributed by atoms with Crippen molar-refractivity contribution < 1.29 is 36.6 Å². The molecule has 0 amide bonds. The highest BCUT2D eigenvalue weighted by Crippen LogP contribution is 2.38. The Bertz CT molecular complexity index is 1440. The Morgan fingerprint density at radius 2 is 1.83 bits per heavy atom. The minimum absolute atomic E-state index is 0.0455. The number of rotatable bonds is 8. The van der Waals surface area contributed by atoms with Crippen molar-refractivity contribution in [3.8, 4) is 11.3 Å². The van der Waals surface area contributed by atoms with E-state index in [1.54, 1.807) is 0 Å². The molecule has 41 heavy (non-hydrogen) atoms. The van der Waals surface area contributed by atoms with E-state index in [0.29, 0.717) is 41.6 Å². The number of aliphatic carboxylic acids is 1. The first-order chi connectivity index (χ1) is 19.3. The predicted molar refractivity (Wildman–Crippen MR) is 140 cm³/mol. The van der Waals surface area contributed by atoms with Crippen LogP contribution in [0.5, 0.6) is 0 Å². The minimum atomic E-state index is -4.58. The molecule has 0 unspecified atom stereocenters. The van der Waals surface area contributed by atoms with Gasteiger partial charge in [-0.25, -0.2) is 23.7 Å². The summed E-state index contributed by atoms with van der Waals surface area (Å²) >= 11 is 1.10. The number of piperidine rings is 1. The Balaban J connectivity index is 1.34. The number of carbonyl (C=O) groups is 2.